The van der Waals surface area contributed by atoms with Crippen LogP contribution in [0.3, 0.4) is 0 Å². The van der Waals surface area contributed by atoms with Gasteiger partial charge in [-0.2, -0.15) is 0 Å². The maximum absolute atomic E-state index is 13.2. The molecular weight excluding hydrogens is 398 g/mol. The molecule has 1 fully saturated rings. The lowest BCUT2D eigenvalue weighted by Crippen LogP contribution is -2.13. The summed E-state index contributed by atoms with van der Waals surface area (Å²) < 4.78 is 0.856. The smallest absolute Gasteiger partial charge is 0.198 e. The molecule has 0 radical (unpaired) electrons. The molecule has 29 heavy (non-hydrogen) atoms. The second-order valence-corrected chi connectivity index (χ2v) is 9.41. The Morgan fingerprint density at radius 1 is 0.897 bits per heavy atom. The standard InChI is InChI=1S/C24H25NO2S2/c1-25(2)20-13-10-18(11-14-20)12-15-21(26)22(24-28-16-6-7-17-29-24)23(27)19-8-4-3-5-9-19/h3-5,8-15H,6-7,16-17H2,1-2H3/b15-12-. The Kier molecular flexibility index (Phi) is 7.78. The number of ketones is 2. The molecular formula is C24H25NO2S2. The third-order valence-electron chi connectivity index (χ3n) is 4.56. The van der Waals surface area contributed by atoms with E-state index in [0.29, 0.717) is 11.1 Å². The quantitative estimate of drug-likeness (QED) is 0.258. The molecule has 2 aromatic carbocycles. The highest BCUT2D eigenvalue weighted by atomic mass is 32.2. The van der Waals surface area contributed by atoms with Gasteiger partial charge in [0.15, 0.2) is 11.6 Å². The van der Waals surface area contributed by atoms with Gasteiger partial charge >= 0.3 is 0 Å². The van der Waals surface area contributed by atoms with Crippen LogP contribution in [-0.4, -0.2) is 37.2 Å². The molecule has 0 N–H and O–H groups in total. The van der Waals surface area contributed by atoms with Gasteiger partial charge in [0.05, 0.1) is 9.81 Å². The van der Waals surface area contributed by atoms with Crippen LogP contribution in [0.25, 0.3) is 6.08 Å². The molecule has 1 aliphatic heterocycles. The van der Waals surface area contributed by atoms with E-state index in [4.69, 9.17) is 0 Å². The molecule has 3 nitrogen and oxygen atoms in total. The predicted molar refractivity (Wildman–Crippen MR) is 127 cm³/mol. The summed E-state index contributed by atoms with van der Waals surface area (Å²) in [5, 5.41) is 0. The average molecular weight is 424 g/mol. The van der Waals surface area contributed by atoms with Crippen molar-refractivity contribution in [3.8, 4) is 0 Å². The minimum Gasteiger partial charge on any atom is -0.378 e. The highest BCUT2D eigenvalue weighted by Gasteiger charge is 2.24. The van der Waals surface area contributed by atoms with Gasteiger partial charge in [0, 0.05) is 25.3 Å². The number of carbonyl (C=O) groups is 2. The van der Waals surface area contributed by atoms with Crippen LogP contribution in [0.2, 0.25) is 0 Å². The molecule has 1 aliphatic rings. The fraction of sp³-hybridized carbons (Fsp3) is 0.250. The van der Waals surface area contributed by atoms with Crippen molar-refractivity contribution >= 4 is 46.9 Å². The summed E-state index contributed by atoms with van der Waals surface area (Å²) in [6.07, 6.45) is 5.53. The molecule has 3 rings (SSSR count). The van der Waals surface area contributed by atoms with Crippen LogP contribution < -0.4 is 4.90 Å². The van der Waals surface area contributed by atoms with Crippen molar-refractivity contribution in [2.75, 3.05) is 30.5 Å². The zero-order chi connectivity index (χ0) is 20.6. The van der Waals surface area contributed by atoms with Crippen LogP contribution >= 0.6 is 23.5 Å². The lowest BCUT2D eigenvalue weighted by atomic mass is 10.0. The first-order valence-corrected chi connectivity index (χ1v) is 11.6. The molecule has 0 spiro atoms. The first-order valence-electron chi connectivity index (χ1n) is 9.65. The van der Waals surface area contributed by atoms with E-state index < -0.39 is 0 Å². The molecule has 0 aliphatic carbocycles. The number of Topliss-reactive ketones (excluding diaryl/α,β-unsaturated/α-hetero) is 1. The Bertz CT molecular complexity index is 906. The third-order valence-corrected chi connectivity index (χ3v) is 7.18. The number of nitrogens with zero attached hydrogens (tertiary/aromatic N) is 1. The SMILES string of the molecule is CN(C)c1ccc(/C=C\C(=O)C(C(=O)c2ccccc2)=C2SCCCCS2)cc1. The van der Waals surface area contributed by atoms with Crippen molar-refractivity contribution in [3.63, 3.8) is 0 Å². The Balaban J connectivity index is 1.89. The number of allylic oxidation sites excluding steroid dienone is 2. The summed E-state index contributed by atoms with van der Waals surface area (Å²) in [4.78, 5) is 28.3. The van der Waals surface area contributed by atoms with Gasteiger partial charge < -0.3 is 4.90 Å². The molecule has 0 amide bonds. The van der Waals surface area contributed by atoms with Crippen molar-refractivity contribution in [1.29, 1.82) is 0 Å². The molecule has 5 heteroatoms. The lowest BCUT2D eigenvalue weighted by Gasteiger charge is -2.12. The Morgan fingerprint density at radius 3 is 2.10 bits per heavy atom. The molecule has 2 aromatic rings. The van der Waals surface area contributed by atoms with Gasteiger partial charge in [-0.25, -0.2) is 0 Å². The molecule has 0 unspecified atom stereocenters. The van der Waals surface area contributed by atoms with E-state index in [1.165, 1.54) is 6.08 Å². The number of carbonyl (C=O) groups excluding carboxylic acids is 2. The van der Waals surface area contributed by atoms with E-state index in [2.05, 4.69) is 0 Å². The average Bonchev–Trinajstić information content (AvgIpc) is 3.02. The van der Waals surface area contributed by atoms with Gasteiger partial charge in [0.1, 0.15) is 0 Å². The predicted octanol–water partition coefficient (Wildman–Crippen LogP) is 5.69. The van der Waals surface area contributed by atoms with Crippen LogP contribution in [0.4, 0.5) is 5.69 Å². The fourth-order valence-electron chi connectivity index (χ4n) is 2.90. The molecule has 0 bridgehead atoms. The Morgan fingerprint density at radius 2 is 1.52 bits per heavy atom. The number of hydrogen-bond donors (Lipinski definition) is 0. The lowest BCUT2D eigenvalue weighted by molar-refractivity contribution is -0.111. The van der Waals surface area contributed by atoms with Gasteiger partial charge in [0.25, 0.3) is 0 Å². The van der Waals surface area contributed by atoms with Crippen molar-refractivity contribution in [2.45, 2.75) is 12.8 Å². The number of thioether (sulfide) groups is 2. The zero-order valence-corrected chi connectivity index (χ0v) is 18.4. The summed E-state index contributed by atoms with van der Waals surface area (Å²) in [6, 6.07) is 17.0. The van der Waals surface area contributed by atoms with Crippen molar-refractivity contribution in [1.82, 2.24) is 0 Å². The summed E-state index contributed by atoms with van der Waals surface area (Å²) in [6.45, 7) is 0. The largest absolute Gasteiger partial charge is 0.378 e. The van der Waals surface area contributed by atoms with E-state index in [0.717, 1.165) is 39.8 Å². The first kappa shape index (κ1) is 21.5. The summed E-state index contributed by atoms with van der Waals surface area (Å²) in [5.74, 6) is 1.46. The monoisotopic (exact) mass is 423 g/mol. The van der Waals surface area contributed by atoms with E-state index >= 15 is 0 Å². The maximum Gasteiger partial charge on any atom is 0.198 e. The summed E-state index contributed by atoms with van der Waals surface area (Å²) in [5.41, 5.74) is 2.88. The minimum absolute atomic E-state index is 0.194. The highest BCUT2D eigenvalue weighted by Crippen LogP contribution is 2.37. The number of anilines is 1. The van der Waals surface area contributed by atoms with E-state index in [1.54, 1.807) is 41.7 Å². The fourth-order valence-corrected chi connectivity index (χ4v) is 5.47. The van der Waals surface area contributed by atoms with Gasteiger partial charge in [-0.1, -0.05) is 48.5 Å². The second-order valence-electron chi connectivity index (χ2n) is 6.95. The van der Waals surface area contributed by atoms with Crippen molar-refractivity contribution in [3.05, 3.63) is 81.6 Å². The van der Waals surface area contributed by atoms with Crippen LogP contribution in [0.5, 0.6) is 0 Å². The highest BCUT2D eigenvalue weighted by molar-refractivity contribution is 8.22. The van der Waals surface area contributed by atoms with Crippen LogP contribution in [0.1, 0.15) is 28.8 Å². The molecule has 1 saturated heterocycles. The molecule has 150 valence electrons. The number of rotatable bonds is 6. The minimum atomic E-state index is -0.229. The number of benzene rings is 2. The molecule has 0 aromatic heterocycles. The molecule has 0 saturated carbocycles. The van der Waals surface area contributed by atoms with Gasteiger partial charge in [-0.3, -0.25) is 9.59 Å². The van der Waals surface area contributed by atoms with E-state index in [1.807, 2.05) is 61.5 Å². The summed E-state index contributed by atoms with van der Waals surface area (Å²) >= 11 is 3.26. The maximum atomic E-state index is 13.2. The third kappa shape index (κ3) is 5.87. The topological polar surface area (TPSA) is 37.4 Å². The van der Waals surface area contributed by atoms with Gasteiger partial charge in [0.2, 0.25) is 0 Å². The van der Waals surface area contributed by atoms with Crippen LogP contribution in [-0.2, 0) is 4.79 Å². The summed E-state index contributed by atoms with van der Waals surface area (Å²) in [7, 11) is 3.98. The van der Waals surface area contributed by atoms with E-state index in [9.17, 15) is 9.59 Å². The number of hydrogen-bond acceptors (Lipinski definition) is 5. The van der Waals surface area contributed by atoms with Crippen LogP contribution in [0.15, 0.2) is 70.5 Å². The second kappa shape index (κ2) is 10.5. The van der Waals surface area contributed by atoms with E-state index in [-0.39, 0.29) is 11.6 Å². The Hall–Kier alpha value is -2.24. The molecule has 0 atom stereocenters. The van der Waals surface area contributed by atoms with Crippen molar-refractivity contribution < 1.29 is 9.59 Å². The molecule has 1 heterocycles. The normalized spacial score (nSPS) is 14.5. The van der Waals surface area contributed by atoms with Crippen molar-refractivity contribution in [2.24, 2.45) is 0 Å². The van der Waals surface area contributed by atoms with Gasteiger partial charge in [-0.15, -0.1) is 23.5 Å². The Labute approximate surface area is 181 Å². The van der Waals surface area contributed by atoms with Crippen LogP contribution in [0, 0.1) is 0 Å². The first-order chi connectivity index (χ1) is 14.1. The zero-order valence-electron chi connectivity index (χ0n) is 16.8. The van der Waals surface area contributed by atoms with Gasteiger partial charge in [-0.05, 0) is 48.1 Å².